The standard InChI is InChI=1S/C21H21N3O3/c1-26-19-11-9-16(12-20(19)27-2)24-21(25)18-10-8-17(14-23-18)22-13-15-6-4-3-5-7-15/h3-12,14,22H,13H2,1-2H3,(H,24,25). The highest BCUT2D eigenvalue weighted by Gasteiger charge is 2.10. The van der Waals surface area contributed by atoms with Crippen molar-refractivity contribution in [3.63, 3.8) is 0 Å². The first-order valence-corrected chi connectivity index (χ1v) is 8.47. The number of carbonyl (C=O) groups is 1. The Morgan fingerprint density at radius 3 is 2.33 bits per heavy atom. The Bertz CT molecular complexity index is 896. The van der Waals surface area contributed by atoms with Crippen LogP contribution in [0.25, 0.3) is 0 Å². The fourth-order valence-corrected chi connectivity index (χ4v) is 2.54. The van der Waals surface area contributed by atoms with Gasteiger partial charge >= 0.3 is 0 Å². The molecule has 0 aliphatic heterocycles. The van der Waals surface area contributed by atoms with E-state index in [1.807, 2.05) is 36.4 Å². The van der Waals surface area contributed by atoms with Crippen LogP contribution in [0.5, 0.6) is 11.5 Å². The molecular weight excluding hydrogens is 342 g/mol. The van der Waals surface area contributed by atoms with Gasteiger partial charge in [-0.3, -0.25) is 4.79 Å². The number of ether oxygens (including phenoxy) is 2. The van der Waals surface area contributed by atoms with Gasteiger partial charge in [-0.1, -0.05) is 30.3 Å². The van der Waals surface area contributed by atoms with E-state index in [0.717, 1.165) is 5.69 Å². The summed E-state index contributed by atoms with van der Waals surface area (Å²) in [4.78, 5) is 16.6. The van der Waals surface area contributed by atoms with Crippen molar-refractivity contribution < 1.29 is 14.3 Å². The van der Waals surface area contributed by atoms with Gasteiger partial charge < -0.3 is 20.1 Å². The molecule has 6 nitrogen and oxygen atoms in total. The minimum Gasteiger partial charge on any atom is -0.493 e. The Kier molecular flexibility index (Phi) is 5.89. The molecule has 0 saturated carbocycles. The van der Waals surface area contributed by atoms with E-state index in [1.54, 1.807) is 44.7 Å². The van der Waals surface area contributed by atoms with Gasteiger partial charge in [-0.05, 0) is 29.8 Å². The van der Waals surface area contributed by atoms with E-state index in [0.29, 0.717) is 29.4 Å². The van der Waals surface area contributed by atoms with Gasteiger partial charge in [0.15, 0.2) is 11.5 Å². The monoisotopic (exact) mass is 363 g/mol. The number of hydrogen-bond donors (Lipinski definition) is 2. The smallest absolute Gasteiger partial charge is 0.274 e. The lowest BCUT2D eigenvalue weighted by atomic mass is 10.2. The van der Waals surface area contributed by atoms with E-state index in [-0.39, 0.29) is 5.91 Å². The van der Waals surface area contributed by atoms with Gasteiger partial charge in [-0.25, -0.2) is 4.98 Å². The first-order valence-electron chi connectivity index (χ1n) is 8.47. The highest BCUT2D eigenvalue weighted by atomic mass is 16.5. The fourth-order valence-electron chi connectivity index (χ4n) is 2.54. The Labute approximate surface area is 158 Å². The maximum absolute atomic E-state index is 12.4. The SMILES string of the molecule is COc1ccc(NC(=O)c2ccc(NCc3ccccc3)cn2)cc1OC. The number of carbonyl (C=O) groups excluding carboxylic acids is 1. The molecule has 138 valence electrons. The molecule has 3 aromatic rings. The van der Waals surface area contributed by atoms with E-state index >= 15 is 0 Å². The van der Waals surface area contributed by atoms with Gasteiger partial charge in [-0.2, -0.15) is 0 Å². The molecule has 3 rings (SSSR count). The topological polar surface area (TPSA) is 72.5 Å². The third kappa shape index (κ3) is 4.76. The summed E-state index contributed by atoms with van der Waals surface area (Å²) in [7, 11) is 3.11. The second kappa shape index (κ2) is 8.71. The molecule has 0 bridgehead atoms. The Morgan fingerprint density at radius 2 is 1.67 bits per heavy atom. The van der Waals surface area contributed by atoms with Gasteiger partial charge in [0.25, 0.3) is 5.91 Å². The van der Waals surface area contributed by atoms with Crippen LogP contribution in [-0.2, 0) is 6.54 Å². The first-order chi connectivity index (χ1) is 13.2. The largest absolute Gasteiger partial charge is 0.493 e. The van der Waals surface area contributed by atoms with Crippen LogP contribution < -0.4 is 20.1 Å². The molecule has 1 heterocycles. The van der Waals surface area contributed by atoms with Crippen LogP contribution in [-0.4, -0.2) is 25.1 Å². The second-order valence-electron chi connectivity index (χ2n) is 5.80. The molecule has 0 unspecified atom stereocenters. The van der Waals surface area contributed by atoms with Crippen LogP contribution in [0.2, 0.25) is 0 Å². The second-order valence-corrected chi connectivity index (χ2v) is 5.80. The third-order valence-corrected chi connectivity index (χ3v) is 3.98. The molecular formula is C21H21N3O3. The highest BCUT2D eigenvalue weighted by Crippen LogP contribution is 2.29. The Balaban J connectivity index is 1.62. The molecule has 2 N–H and O–H groups in total. The summed E-state index contributed by atoms with van der Waals surface area (Å²) in [6.45, 7) is 0.694. The zero-order valence-electron chi connectivity index (χ0n) is 15.2. The summed E-state index contributed by atoms with van der Waals surface area (Å²) in [5.41, 5.74) is 2.95. The zero-order valence-corrected chi connectivity index (χ0v) is 15.2. The van der Waals surface area contributed by atoms with Crippen LogP contribution >= 0.6 is 0 Å². The number of benzene rings is 2. The number of pyridine rings is 1. The van der Waals surface area contributed by atoms with Crippen molar-refractivity contribution in [1.29, 1.82) is 0 Å². The molecule has 27 heavy (non-hydrogen) atoms. The van der Waals surface area contributed by atoms with E-state index < -0.39 is 0 Å². The molecule has 0 aliphatic rings. The van der Waals surface area contributed by atoms with Crippen LogP contribution in [0.3, 0.4) is 0 Å². The quantitative estimate of drug-likeness (QED) is 0.665. The number of hydrogen-bond acceptors (Lipinski definition) is 5. The lowest BCUT2D eigenvalue weighted by Gasteiger charge is -2.11. The fraction of sp³-hybridized carbons (Fsp3) is 0.143. The summed E-state index contributed by atoms with van der Waals surface area (Å²) in [6, 6.07) is 18.8. The predicted molar refractivity (Wildman–Crippen MR) is 106 cm³/mol. The number of methoxy groups -OCH3 is 2. The third-order valence-electron chi connectivity index (χ3n) is 3.98. The molecule has 0 radical (unpaired) electrons. The number of aromatic nitrogens is 1. The van der Waals surface area contributed by atoms with E-state index in [2.05, 4.69) is 15.6 Å². The van der Waals surface area contributed by atoms with Gasteiger partial charge in [0.05, 0.1) is 26.1 Å². The molecule has 0 fully saturated rings. The van der Waals surface area contributed by atoms with Gasteiger partial charge in [0.1, 0.15) is 5.69 Å². The number of anilines is 2. The van der Waals surface area contributed by atoms with Gasteiger partial charge in [0.2, 0.25) is 0 Å². The van der Waals surface area contributed by atoms with E-state index in [9.17, 15) is 4.79 Å². The minimum absolute atomic E-state index is 0.295. The summed E-state index contributed by atoms with van der Waals surface area (Å²) in [5.74, 6) is 0.850. The van der Waals surface area contributed by atoms with Gasteiger partial charge in [0, 0.05) is 18.3 Å². The summed E-state index contributed by atoms with van der Waals surface area (Å²) in [6.07, 6.45) is 1.65. The molecule has 6 heteroatoms. The molecule has 0 saturated heterocycles. The van der Waals surface area contributed by atoms with Crippen molar-refractivity contribution in [3.05, 3.63) is 78.1 Å². The van der Waals surface area contributed by atoms with Crippen molar-refractivity contribution >= 4 is 17.3 Å². The Hall–Kier alpha value is -3.54. The highest BCUT2D eigenvalue weighted by molar-refractivity contribution is 6.03. The van der Waals surface area contributed by atoms with E-state index in [1.165, 1.54) is 5.56 Å². The van der Waals surface area contributed by atoms with Crippen molar-refractivity contribution in [2.24, 2.45) is 0 Å². The average Bonchev–Trinajstić information content (AvgIpc) is 2.73. The maximum atomic E-state index is 12.4. The summed E-state index contributed by atoms with van der Waals surface area (Å²) < 4.78 is 10.4. The summed E-state index contributed by atoms with van der Waals surface area (Å²) >= 11 is 0. The first kappa shape index (κ1) is 18.3. The molecule has 0 aliphatic carbocycles. The Morgan fingerprint density at radius 1 is 0.926 bits per heavy atom. The number of nitrogens with zero attached hydrogens (tertiary/aromatic N) is 1. The van der Waals surface area contributed by atoms with Crippen molar-refractivity contribution in [2.75, 3.05) is 24.9 Å². The number of nitrogens with one attached hydrogen (secondary N) is 2. The predicted octanol–water partition coefficient (Wildman–Crippen LogP) is 3.96. The normalized spacial score (nSPS) is 10.1. The molecule has 0 spiro atoms. The van der Waals surface area contributed by atoms with Gasteiger partial charge in [-0.15, -0.1) is 0 Å². The van der Waals surface area contributed by atoms with Crippen molar-refractivity contribution in [3.8, 4) is 11.5 Å². The molecule has 1 aromatic heterocycles. The lowest BCUT2D eigenvalue weighted by Crippen LogP contribution is -2.14. The van der Waals surface area contributed by atoms with Crippen molar-refractivity contribution in [2.45, 2.75) is 6.54 Å². The average molecular weight is 363 g/mol. The molecule has 0 atom stereocenters. The molecule has 2 aromatic carbocycles. The maximum Gasteiger partial charge on any atom is 0.274 e. The van der Waals surface area contributed by atoms with Crippen LogP contribution in [0.1, 0.15) is 16.1 Å². The van der Waals surface area contributed by atoms with Crippen LogP contribution in [0.4, 0.5) is 11.4 Å². The lowest BCUT2D eigenvalue weighted by molar-refractivity contribution is 0.102. The van der Waals surface area contributed by atoms with E-state index in [4.69, 9.17) is 9.47 Å². The molecule has 1 amide bonds. The summed E-state index contributed by atoms with van der Waals surface area (Å²) in [5, 5.41) is 6.08. The van der Waals surface area contributed by atoms with Crippen LogP contribution in [0.15, 0.2) is 66.9 Å². The van der Waals surface area contributed by atoms with Crippen molar-refractivity contribution in [1.82, 2.24) is 4.98 Å². The minimum atomic E-state index is -0.295. The van der Waals surface area contributed by atoms with Crippen LogP contribution in [0, 0.1) is 0 Å². The number of rotatable bonds is 7. The zero-order chi connectivity index (χ0) is 19.1. The number of amides is 1.